The molecule has 5 nitrogen and oxygen atoms in total. The van der Waals surface area contributed by atoms with E-state index in [0.717, 1.165) is 4.47 Å². The first-order chi connectivity index (χ1) is 10.5. The summed E-state index contributed by atoms with van der Waals surface area (Å²) < 4.78 is 29.2. The van der Waals surface area contributed by atoms with E-state index in [4.69, 9.17) is 13.8 Å². The summed E-state index contributed by atoms with van der Waals surface area (Å²) >= 11 is 3.35. The van der Waals surface area contributed by atoms with E-state index >= 15 is 0 Å². The third-order valence-electron chi connectivity index (χ3n) is 2.53. The highest BCUT2D eigenvalue weighted by Crippen LogP contribution is 2.57. The number of carbonyl (C=O) groups is 1. The van der Waals surface area contributed by atoms with Gasteiger partial charge >= 0.3 is 13.6 Å². The van der Waals surface area contributed by atoms with Gasteiger partial charge in [0.15, 0.2) is 0 Å². The maximum atomic E-state index is 12.9. The first kappa shape index (κ1) is 19.1. The van der Waals surface area contributed by atoms with Crippen LogP contribution in [0, 0.1) is 0 Å². The number of rotatable bonds is 8. The molecule has 0 unspecified atom stereocenters. The normalized spacial score (nSPS) is 12.3. The zero-order chi connectivity index (χ0) is 16.6. The molecule has 1 rings (SSSR count). The van der Waals surface area contributed by atoms with Gasteiger partial charge in [-0.15, -0.1) is 0 Å². The van der Waals surface area contributed by atoms with Crippen molar-refractivity contribution in [1.29, 1.82) is 0 Å². The molecule has 122 valence electrons. The van der Waals surface area contributed by atoms with Crippen LogP contribution in [0.3, 0.4) is 0 Å². The van der Waals surface area contributed by atoms with Gasteiger partial charge in [-0.25, -0.2) is 4.79 Å². The molecule has 0 N–H and O–H groups in total. The van der Waals surface area contributed by atoms with E-state index in [2.05, 4.69) is 15.9 Å². The van der Waals surface area contributed by atoms with E-state index in [1.165, 1.54) is 6.08 Å². The maximum absolute atomic E-state index is 12.9. The summed E-state index contributed by atoms with van der Waals surface area (Å²) in [5, 5.41) is -0.101. The molecule has 0 aromatic heterocycles. The van der Waals surface area contributed by atoms with Gasteiger partial charge in [0.05, 0.1) is 19.8 Å². The van der Waals surface area contributed by atoms with E-state index in [1.807, 2.05) is 12.1 Å². The Hall–Kier alpha value is -0.940. The minimum Gasteiger partial charge on any atom is -0.462 e. The van der Waals surface area contributed by atoms with Crippen molar-refractivity contribution < 1.29 is 23.1 Å². The highest BCUT2D eigenvalue weighted by atomic mass is 79.9. The van der Waals surface area contributed by atoms with Crippen molar-refractivity contribution in [2.24, 2.45) is 0 Å². The zero-order valence-electron chi connectivity index (χ0n) is 12.9. The molecule has 0 atom stereocenters. The molecule has 0 bridgehead atoms. The van der Waals surface area contributed by atoms with Gasteiger partial charge in [-0.05, 0) is 44.5 Å². The SMILES string of the molecule is CCOC(=O)C(=Cc1cccc(Br)c1)P(=O)(OCC)OCC. The van der Waals surface area contributed by atoms with Crippen molar-refractivity contribution in [3.63, 3.8) is 0 Å². The molecule has 1 aromatic carbocycles. The van der Waals surface area contributed by atoms with Gasteiger partial charge in [0.1, 0.15) is 5.31 Å². The van der Waals surface area contributed by atoms with Crippen molar-refractivity contribution >= 4 is 35.6 Å². The second-order valence-corrected chi connectivity index (χ2v) is 7.05. The highest BCUT2D eigenvalue weighted by molar-refractivity contribution is 9.10. The van der Waals surface area contributed by atoms with E-state index in [-0.39, 0.29) is 25.1 Å². The Balaban J connectivity index is 3.33. The van der Waals surface area contributed by atoms with Crippen molar-refractivity contribution in [3.05, 3.63) is 39.6 Å². The monoisotopic (exact) mass is 390 g/mol. The van der Waals surface area contributed by atoms with Crippen LogP contribution in [0.15, 0.2) is 34.1 Å². The number of hydrogen-bond donors (Lipinski definition) is 0. The lowest BCUT2D eigenvalue weighted by atomic mass is 10.2. The van der Waals surface area contributed by atoms with E-state index in [1.54, 1.807) is 32.9 Å². The van der Waals surface area contributed by atoms with Crippen molar-refractivity contribution in [1.82, 2.24) is 0 Å². The van der Waals surface area contributed by atoms with E-state index < -0.39 is 13.6 Å². The Labute approximate surface area is 139 Å². The molecule has 0 fully saturated rings. The Morgan fingerprint density at radius 3 is 2.32 bits per heavy atom. The summed E-state index contributed by atoms with van der Waals surface area (Å²) in [7, 11) is -3.72. The van der Waals surface area contributed by atoms with Crippen molar-refractivity contribution in [2.45, 2.75) is 20.8 Å². The van der Waals surface area contributed by atoms with Gasteiger partial charge in [0.2, 0.25) is 0 Å². The molecule has 7 heteroatoms. The molecule has 0 saturated heterocycles. The van der Waals surface area contributed by atoms with Gasteiger partial charge in [-0.1, -0.05) is 28.1 Å². The third-order valence-corrected chi connectivity index (χ3v) is 5.12. The molecule has 0 saturated carbocycles. The van der Waals surface area contributed by atoms with Gasteiger partial charge in [-0.3, -0.25) is 4.57 Å². The minimum absolute atomic E-state index is 0.101. The fourth-order valence-corrected chi connectivity index (χ4v) is 3.77. The van der Waals surface area contributed by atoms with Crippen LogP contribution in [-0.2, 0) is 23.1 Å². The first-order valence-corrected chi connectivity index (χ1v) is 9.34. The van der Waals surface area contributed by atoms with Crippen LogP contribution in [0.2, 0.25) is 0 Å². The Morgan fingerprint density at radius 2 is 1.82 bits per heavy atom. The molecule has 0 aliphatic carbocycles. The van der Waals surface area contributed by atoms with Crippen LogP contribution in [0.5, 0.6) is 0 Å². The zero-order valence-corrected chi connectivity index (χ0v) is 15.4. The van der Waals surface area contributed by atoms with Crippen LogP contribution in [0.4, 0.5) is 0 Å². The molecular weight excluding hydrogens is 371 g/mol. The van der Waals surface area contributed by atoms with Gasteiger partial charge < -0.3 is 13.8 Å². The second kappa shape index (κ2) is 9.26. The van der Waals surface area contributed by atoms with Crippen LogP contribution in [-0.4, -0.2) is 25.8 Å². The summed E-state index contributed by atoms with van der Waals surface area (Å²) in [6.45, 7) is 5.55. The summed E-state index contributed by atoms with van der Waals surface area (Å²) in [4.78, 5) is 12.2. The number of carbonyl (C=O) groups excluding carboxylic acids is 1. The smallest absolute Gasteiger partial charge is 0.368 e. The fourth-order valence-electron chi connectivity index (χ4n) is 1.73. The standard InChI is InChI=1S/C15H20BrO5P/c1-4-19-15(17)14(22(18,20-5-2)21-6-3)11-12-8-7-9-13(16)10-12/h7-11H,4-6H2,1-3H3. The lowest BCUT2D eigenvalue weighted by Gasteiger charge is -2.19. The highest BCUT2D eigenvalue weighted by Gasteiger charge is 2.36. The summed E-state index contributed by atoms with van der Waals surface area (Å²) in [5.41, 5.74) is 0.692. The lowest BCUT2D eigenvalue weighted by molar-refractivity contribution is -0.137. The molecule has 22 heavy (non-hydrogen) atoms. The number of esters is 1. The number of ether oxygens (including phenoxy) is 1. The van der Waals surface area contributed by atoms with E-state index in [0.29, 0.717) is 5.56 Å². The second-order valence-electron chi connectivity index (χ2n) is 4.14. The third kappa shape index (κ3) is 5.36. The topological polar surface area (TPSA) is 61.8 Å². The molecule has 0 aliphatic rings. The van der Waals surface area contributed by atoms with Crippen molar-refractivity contribution in [2.75, 3.05) is 19.8 Å². The number of halogens is 1. The summed E-state index contributed by atoms with van der Waals surface area (Å²) in [5.74, 6) is -0.701. The van der Waals surface area contributed by atoms with Crippen molar-refractivity contribution in [3.8, 4) is 0 Å². The first-order valence-electron chi connectivity index (χ1n) is 7.00. The fraction of sp³-hybridized carbons (Fsp3) is 0.400. The Bertz CT molecular complexity index is 575. The maximum Gasteiger partial charge on any atom is 0.368 e. The Morgan fingerprint density at radius 1 is 1.18 bits per heavy atom. The summed E-state index contributed by atoms with van der Waals surface area (Å²) in [6, 6.07) is 7.24. The van der Waals surface area contributed by atoms with Gasteiger partial charge in [-0.2, -0.15) is 0 Å². The predicted octanol–water partition coefficient (Wildman–Crippen LogP) is 4.62. The molecule has 1 aromatic rings. The molecule has 0 amide bonds. The van der Waals surface area contributed by atoms with Gasteiger partial charge in [0.25, 0.3) is 0 Å². The average Bonchev–Trinajstić information content (AvgIpc) is 2.45. The number of benzene rings is 1. The van der Waals surface area contributed by atoms with Crippen LogP contribution in [0.1, 0.15) is 26.3 Å². The molecular formula is C15H20BrO5P. The van der Waals surface area contributed by atoms with Crippen LogP contribution < -0.4 is 0 Å². The van der Waals surface area contributed by atoms with Crippen LogP contribution >= 0.6 is 23.5 Å². The molecule has 0 heterocycles. The molecule has 0 radical (unpaired) electrons. The minimum atomic E-state index is -3.72. The quantitative estimate of drug-likeness (QED) is 0.368. The predicted molar refractivity (Wildman–Crippen MR) is 89.6 cm³/mol. The van der Waals surface area contributed by atoms with Gasteiger partial charge in [0, 0.05) is 4.47 Å². The Kier molecular flexibility index (Phi) is 8.04. The van der Waals surface area contributed by atoms with Crippen LogP contribution in [0.25, 0.3) is 6.08 Å². The molecule has 0 spiro atoms. The summed E-state index contributed by atoms with van der Waals surface area (Å²) in [6.07, 6.45) is 1.48. The van der Waals surface area contributed by atoms with E-state index in [9.17, 15) is 9.36 Å². The number of hydrogen-bond acceptors (Lipinski definition) is 5. The average molecular weight is 391 g/mol. The largest absolute Gasteiger partial charge is 0.462 e. The molecule has 0 aliphatic heterocycles. The lowest BCUT2D eigenvalue weighted by Crippen LogP contribution is -2.11.